The lowest BCUT2D eigenvalue weighted by atomic mass is 10.1. The van der Waals surface area contributed by atoms with Gasteiger partial charge in [0, 0.05) is 24.9 Å². The smallest absolute Gasteiger partial charge is 0.122 e. The molecule has 1 aromatic heterocycles. The fourth-order valence-corrected chi connectivity index (χ4v) is 2.60. The molecule has 0 saturated heterocycles. The Kier molecular flexibility index (Phi) is 3.97. The molecule has 2 aromatic rings. The van der Waals surface area contributed by atoms with Gasteiger partial charge in [0.25, 0.3) is 0 Å². The van der Waals surface area contributed by atoms with Gasteiger partial charge in [-0.1, -0.05) is 12.1 Å². The average Bonchev–Trinajstić information content (AvgIpc) is 2.95. The summed E-state index contributed by atoms with van der Waals surface area (Å²) in [6, 6.07) is 11.0. The van der Waals surface area contributed by atoms with Crippen LogP contribution in [0.25, 0.3) is 0 Å². The first-order valence-corrected chi connectivity index (χ1v) is 7.21. The molecule has 104 valence electrons. The molecule has 0 spiro atoms. The molecule has 1 atom stereocenters. The molecule has 2 heterocycles. The minimum Gasteiger partial charge on any atom is -0.493 e. The highest BCUT2D eigenvalue weighted by Gasteiger charge is 2.12. The molecule has 20 heavy (non-hydrogen) atoms. The monoisotopic (exact) mass is 268 g/mol. The third-order valence-electron chi connectivity index (χ3n) is 3.82. The van der Waals surface area contributed by atoms with Crippen molar-refractivity contribution in [1.29, 1.82) is 0 Å². The van der Waals surface area contributed by atoms with E-state index in [9.17, 15) is 0 Å². The molecule has 1 N–H and O–H groups in total. The van der Waals surface area contributed by atoms with E-state index in [1.54, 1.807) is 0 Å². The zero-order valence-electron chi connectivity index (χ0n) is 11.8. The van der Waals surface area contributed by atoms with E-state index in [2.05, 4.69) is 47.6 Å². The van der Waals surface area contributed by atoms with Crippen LogP contribution in [-0.2, 0) is 12.8 Å². The summed E-state index contributed by atoms with van der Waals surface area (Å²) in [7, 11) is 0. The lowest BCUT2D eigenvalue weighted by Crippen LogP contribution is -2.21. The molecule has 0 aliphatic carbocycles. The standard InChI is InChI=1S/C17H20N2O/c1-13(15-5-8-18-9-6-15)19-10-4-14-2-3-17-16(12-14)7-11-20-17/h2-3,5-6,8-9,12-13,19H,4,7,10-11H2,1H3/t13-/m0/s1. The number of nitrogens with zero attached hydrogens (tertiary/aromatic N) is 1. The number of rotatable bonds is 5. The van der Waals surface area contributed by atoms with Crippen molar-refractivity contribution in [1.82, 2.24) is 10.3 Å². The largest absolute Gasteiger partial charge is 0.493 e. The first-order chi connectivity index (χ1) is 9.83. The summed E-state index contributed by atoms with van der Waals surface area (Å²) in [6.45, 7) is 3.99. The predicted octanol–water partition coefficient (Wildman–Crippen LogP) is 2.91. The summed E-state index contributed by atoms with van der Waals surface area (Å²) in [5.74, 6) is 1.06. The third kappa shape index (κ3) is 2.99. The van der Waals surface area contributed by atoms with Crippen LogP contribution in [0.2, 0.25) is 0 Å². The quantitative estimate of drug-likeness (QED) is 0.905. The minimum atomic E-state index is 0.357. The topological polar surface area (TPSA) is 34.1 Å². The second kappa shape index (κ2) is 6.06. The van der Waals surface area contributed by atoms with Crippen molar-refractivity contribution in [2.75, 3.05) is 13.2 Å². The van der Waals surface area contributed by atoms with Crippen molar-refractivity contribution in [3.8, 4) is 5.75 Å². The first-order valence-electron chi connectivity index (χ1n) is 7.21. The van der Waals surface area contributed by atoms with Gasteiger partial charge in [-0.15, -0.1) is 0 Å². The Bertz CT molecular complexity index is 568. The van der Waals surface area contributed by atoms with E-state index in [4.69, 9.17) is 4.74 Å². The summed E-state index contributed by atoms with van der Waals surface area (Å²) in [5, 5.41) is 3.56. The van der Waals surface area contributed by atoms with Gasteiger partial charge in [-0.25, -0.2) is 0 Å². The fraction of sp³-hybridized carbons (Fsp3) is 0.353. The highest BCUT2D eigenvalue weighted by atomic mass is 16.5. The van der Waals surface area contributed by atoms with E-state index in [-0.39, 0.29) is 0 Å². The van der Waals surface area contributed by atoms with Crippen LogP contribution in [0.5, 0.6) is 5.75 Å². The maximum atomic E-state index is 5.53. The highest BCUT2D eigenvalue weighted by Crippen LogP contribution is 2.25. The number of hydrogen-bond acceptors (Lipinski definition) is 3. The van der Waals surface area contributed by atoms with E-state index in [0.717, 1.165) is 31.7 Å². The van der Waals surface area contributed by atoms with Crippen LogP contribution in [0.15, 0.2) is 42.7 Å². The summed E-state index contributed by atoms with van der Waals surface area (Å²) in [6.07, 6.45) is 5.77. The van der Waals surface area contributed by atoms with Gasteiger partial charge >= 0.3 is 0 Å². The molecule has 0 amide bonds. The number of nitrogens with one attached hydrogen (secondary N) is 1. The second-order valence-electron chi connectivity index (χ2n) is 5.25. The third-order valence-corrected chi connectivity index (χ3v) is 3.82. The molecule has 1 aromatic carbocycles. The Balaban J connectivity index is 1.53. The van der Waals surface area contributed by atoms with Gasteiger partial charge in [-0.3, -0.25) is 4.98 Å². The number of pyridine rings is 1. The SMILES string of the molecule is C[C@H](NCCc1ccc2c(c1)CCO2)c1ccncc1. The Morgan fingerprint density at radius 3 is 2.95 bits per heavy atom. The van der Waals surface area contributed by atoms with E-state index in [1.165, 1.54) is 16.7 Å². The van der Waals surface area contributed by atoms with E-state index >= 15 is 0 Å². The molecular formula is C17H20N2O. The van der Waals surface area contributed by atoms with Crippen LogP contribution in [0, 0.1) is 0 Å². The zero-order chi connectivity index (χ0) is 13.8. The lowest BCUT2D eigenvalue weighted by Gasteiger charge is -2.14. The lowest BCUT2D eigenvalue weighted by molar-refractivity contribution is 0.357. The van der Waals surface area contributed by atoms with Crippen LogP contribution >= 0.6 is 0 Å². The normalized spacial score (nSPS) is 14.7. The molecule has 0 bridgehead atoms. The molecule has 3 nitrogen and oxygen atoms in total. The Morgan fingerprint density at radius 2 is 2.10 bits per heavy atom. The molecule has 1 aliphatic heterocycles. The van der Waals surface area contributed by atoms with Crippen LogP contribution in [0.3, 0.4) is 0 Å². The van der Waals surface area contributed by atoms with Crippen molar-refractivity contribution < 1.29 is 4.74 Å². The van der Waals surface area contributed by atoms with Gasteiger partial charge in [0.05, 0.1) is 6.61 Å². The molecule has 3 rings (SSSR count). The molecule has 0 unspecified atom stereocenters. The Morgan fingerprint density at radius 1 is 1.25 bits per heavy atom. The van der Waals surface area contributed by atoms with Crippen molar-refractivity contribution in [2.45, 2.75) is 25.8 Å². The van der Waals surface area contributed by atoms with Crippen molar-refractivity contribution >= 4 is 0 Å². The van der Waals surface area contributed by atoms with Crippen molar-refractivity contribution in [3.05, 3.63) is 59.4 Å². The van der Waals surface area contributed by atoms with E-state index in [1.807, 2.05) is 12.4 Å². The molecule has 3 heteroatoms. The number of hydrogen-bond donors (Lipinski definition) is 1. The summed E-state index contributed by atoms with van der Waals surface area (Å²) in [5.41, 5.74) is 4.01. The van der Waals surface area contributed by atoms with Gasteiger partial charge in [-0.05, 0) is 54.8 Å². The number of fused-ring (bicyclic) bond motifs is 1. The fourth-order valence-electron chi connectivity index (χ4n) is 2.60. The maximum absolute atomic E-state index is 5.53. The minimum absolute atomic E-state index is 0.357. The van der Waals surface area contributed by atoms with Gasteiger partial charge < -0.3 is 10.1 Å². The molecule has 0 saturated carbocycles. The van der Waals surface area contributed by atoms with E-state index < -0.39 is 0 Å². The average molecular weight is 268 g/mol. The van der Waals surface area contributed by atoms with Gasteiger partial charge in [-0.2, -0.15) is 0 Å². The van der Waals surface area contributed by atoms with Crippen molar-refractivity contribution in [3.63, 3.8) is 0 Å². The Hall–Kier alpha value is -1.87. The van der Waals surface area contributed by atoms with Crippen LogP contribution in [-0.4, -0.2) is 18.1 Å². The maximum Gasteiger partial charge on any atom is 0.122 e. The number of ether oxygens (including phenoxy) is 1. The van der Waals surface area contributed by atoms with Gasteiger partial charge in [0.15, 0.2) is 0 Å². The second-order valence-corrected chi connectivity index (χ2v) is 5.25. The summed E-state index contributed by atoms with van der Waals surface area (Å²) >= 11 is 0. The number of benzene rings is 1. The summed E-state index contributed by atoms with van der Waals surface area (Å²) in [4.78, 5) is 4.05. The molecule has 0 radical (unpaired) electrons. The predicted molar refractivity (Wildman–Crippen MR) is 80.0 cm³/mol. The van der Waals surface area contributed by atoms with Crippen molar-refractivity contribution in [2.24, 2.45) is 0 Å². The first kappa shape index (κ1) is 13.1. The van der Waals surface area contributed by atoms with Crippen LogP contribution in [0.1, 0.15) is 29.7 Å². The van der Waals surface area contributed by atoms with Crippen LogP contribution < -0.4 is 10.1 Å². The highest BCUT2D eigenvalue weighted by molar-refractivity contribution is 5.39. The van der Waals surface area contributed by atoms with Gasteiger partial charge in [0.2, 0.25) is 0 Å². The van der Waals surface area contributed by atoms with Gasteiger partial charge in [0.1, 0.15) is 5.75 Å². The molecular weight excluding hydrogens is 248 g/mol. The van der Waals surface area contributed by atoms with Crippen LogP contribution in [0.4, 0.5) is 0 Å². The Labute approximate surface area is 120 Å². The molecule has 0 fully saturated rings. The van der Waals surface area contributed by atoms with E-state index in [0.29, 0.717) is 6.04 Å². The molecule has 1 aliphatic rings. The number of aromatic nitrogens is 1. The zero-order valence-corrected chi connectivity index (χ0v) is 11.8. The summed E-state index contributed by atoms with van der Waals surface area (Å²) < 4.78 is 5.53.